The van der Waals surface area contributed by atoms with Gasteiger partial charge in [0.15, 0.2) is 0 Å². The van der Waals surface area contributed by atoms with Crippen LogP contribution in [0.2, 0.25) is 5.02 Å². The van der Waals surface area contributed by atoms with Gasteiger partial charge in [-0.2, -0.15) is 0 Å². The van der Waals surface area contributed by atoms with Crippen LogP contribution in [0, 0.1) is 0 Å². The Morgan fingerprint density at radius 2 is 2.00 bits per heavy atom. The molecule has 1 saturated heterocycles. The maximum absolute atomic E-state index is 13.1. The zero-order valence-corrected chi connectivity index (χ0v) is 20.2. The van der Waals surface area contributed by atoms with Crippen molar-refractivity contribution in [2.24, 2.45) is 0 Å². The molecule has 1 aliphatic carbocycles. The Labute approximate surface area is 204 Å². The molecular weight excluding hydrogens is 454 g/mol. The molecule has 1 N–H and O–H groups in total. The van der Waals surface area contributed by atoms with Gasteiger partial charge in [0.2, 0.25) is 11.9 Å². The van der Waals surface area contributed by atoms with E-state index >= 15 is 0 Å². The fourth-order valence-corrected chi connectivity index (χ4v) is 5.27. The number of rotatable bonds is 6. The number of benzene rings is 1. The minimum absolute atomic E-state index is 0.00375. The second-order valence-electron chi connectivity index (χ2n) is 9.40. The number of aromatic nitrogens is 2. The Morgan fingerprint density at radius 1 is 1.24 bits per heavy atom. The lowest BCUT2D eigenvalue weighted by molar-refractivity contribution is -0.132. The summed E-state index contributed by atoms with van der Waals surface area (Å²) in [5.41, 5.74) is 2.85. The number of nitrogens with zero attached hydrogens (tertiary/aromatic N) is 4. The summed E-state index contributed by atoms with van der Waals surface area (Å²) in [6, 6.07) is 6.24. The zero-order chi connectivity index (χ0) is 23.7. The summed E-state index contributed by atoms with van der Waals surface area (Å²) in [6.07, 6.45) is 7.81. The van der Waals surface area contributed by atoms with Crippen LogP contribution >= 0.6 is 11.6 Å². The van der Waals surface area contributed by atoms with E-state index < -0.39 is 0 Å². The SMILES string of the molecule is CN(C(=O)CN1Cc2ccc(-c3nc(NC4CCOCC4)ncc3Cl)cc2C1=O)C1CCCC1. The van der Waals surface area contributed by atoms with E-state index in [0.29, 0.717) is 34.8 Å². The molecule has 0 bridgehead atoms. The molecule has 5 rings (SSSR count). The first kappa shape index (κ1) is 23.1. The summed E-state index contributed by atoms with van der Waals surface area (Å²) in [5, 5.41) is 3.79. The van der Waals surface area contributed by atoms with Gasteiger partial charge in [0.1, 0.15) is 6.54 Å². The fraction of sp³-hybridized carbons (Fsp3) is 0.520. The Morgan fingerprint density at radius 3 is 2.76 bits per heavy atom. The average molecular weight is 484 g/mol. The number of hydrogen-bond donors (Lipinski definition) is 1. The van der Waals surface area contributed by atoms with E-state index in [4.69, 9.17) is 16.3 Å². The van der Waals surface area contributed by atoms with E-state index in [1.54, 1.807) is 11.1 Å². The highest BCUT2D eigenvalue weighted by Gasteiger charge is 2.32. The van der Waals surface area contributed by atoms with Crippen LogP contribution in [-0.2, 0) is 16.1 Å². The molecule has 180 valence electrons. The summed E-state index contributed by atoms with van der Waals surface area (Å²) in [4.78, 5) is 38.4. The Kier molecular flexibility index (Phi) is 6.70. The van der Waals surface area contributed by atoms with Crippen LogP contribution in [0.25, 0.3) is 11.3 Å². The maximum atomic E-state index is 13.1. The van der Waals surface area contributed by atoms with Gasteiger partial charge in [-0.05, 0) is 37.3 Å². The van der Waals surface area contributed by atoms with Crippen molar-refractivity contribution in [3.8, 4) is 11.3 Å². The average Bonchev–Trinajstić information content (AvgIpc) is 3.49. The van der Waals surface area contributed by atoms with E-state index in [1.165, 1.54) is 0 Å². The first-order chi connectivity index (χ1) is 16.5. The molecule has 0 unspecified atom stereocenters. The molecule has 0 spiro atoms. The standard InChI is InChI=1S/C25H30ClN5O3/c1-30(19-4-2-3-5-19)22(32)15-31-14-17-7-6-16(12-20(17)24(31)33)23-21(26)13-27-25(29-23)28-18-8-10-34-11-9-18/h6-7,12-13,18-19H,2-5,8-11,14-15H2,1H3,(H,27,28,29). The molecule has 1 saturated carbocycles. The lowest BCUT2D eigenvalue weighted by Gasteiger charge is -2.26. The van der Waals surface area contributed by atoms with Crippen molar-refractivity contribution in [2.75, 3.05) is 32.1 Å². The lowest BCUT2D eigenvalue weighted by atomic mass is 10.0. The molecular formula is C25H30ClN5O3. The van der Waals surface area contributed by atoms with Crippen LogP contribution in [0.1, 0.15) is 54.4 Å². The third-order valence-corrected chi connectivity index (χ3v) is 7.43. The summed E-state index contributed by atoms with van der Waals surface area (Å²) in [6.45, 7) is 1.98. The number of carbonyl (C=O) groups excluding carboxylic acids is 2. The monoisotopic (exact) mass is 483 g/mol. The van der Waals surface area contributed by atoms with Gasteiger partial charge in [-0.25, -0.2) is 9.97 Å². The van der Waals surface area contributed by atoms with Gasteiger partial charge >= 0.3 is 0 Å². The van der Waals surface area contributed by atoms with Crippen molar-refractivity contribution in [2.45, 2.75) is 57.2 Å². The highest BCUT2D eigenvalue weighted by Crippen LogP contribution is 2.32. The molecule has 0 radical (unpaired) electrons. The number of nitrogens with one attached hydrogen (secondary N) is 1. The topological polar surface area (TPSA) is 87.7 Å². The summed E-state index contributed by atoms with van der Waals surface area (Å²) in [7, 11) is 1.85. The number of amides is 2. The van der Waals surface area contributed by atoms with E-state index in [9.17, 15) is 9.59 Å². The maximum Gasteiger partial charge on any atom is 0.254 e. The molecule has 34 heavy (non-hydrogen) atoms. The number of likely N-dealkylation sites (N-methyl/N-ethyl adjacent to an activating group) is 1. The molecule has 0 atom stereocenters. The van der Waals surface area contributed by atoms with Crippen LogP contribution in [-0.4, -0.2) is 70.5 Å². The number of hydrogen-bond acceptors (Lipinski definition) is 6. The molecule has 1 aromatic carbocycles. The largest absolute Gasteiger partial charge is 0.381 e. The van der Waals surface area contributed by atoms with Gasteiger partial charge in [-0.3, -0.25) is 9.59 Å². The van der Waals surface area contributed by atoms with Crippen LogP contribution in [0.4, 0.5) is 5.95 Å². The number of halogens is 1. The van der Waals surface area contributed by atoms with Gasteiger partial charge in [-0.1, -0.05) is 36.6 Å². The quantitative estimate of drug-likeness (QED) is 0.673. The second kappa shape index (κ2) is 9.88. The number of ether oxygens (including phenoxy) is 1. The Hall–Kier alpha value is -2.71. The van der Waals surface area contributed by atoms with Crippen molar-refractivity contribution < 1.29 is 14.3 Å². The van der Waals surface area contributed by atoms with E-state index in [1.807, 2.05) is 30.1 Å². The predicted octanol–water partition coefficient (Wildman–Crippen LogP) is 3.74. The second-order valence-corrected chi connectivity index (χ2v) is 9.80. The molecule has 1 aromatic heterocycles. The van der Waals surface area contributed by atoms with Crippen molar-refractivity contribution in [3.05, 3.63) is 40.5 Å². The van der Waals surface area contributed by atoms with Crippen LogP contribution in [0.15, 0.2) is 24.4 Å². The normalized spacial score (nSPS) is 18.9. The zero-order valence-electron chi connectivity index (χ0n) is 19.4. The Balaban J connectivity index is 1.31. The highest BCUT2D eigenvalue weighted by molar-refractivity contribution is 6.33. The smallest absolute Gasteiger partial charge is 0.254 e. The summed E-state index contributed by atoms with van der Waals surface area (Å²) >= 11 is 6.44. The van der Waals surface area contributed by atoms with Gasteiger partial charge in [-0.15, -0.1) is 0 Å². The van der Waals surface area contributed by atoms with Crippen molar-refractivity contribution in [1.29, 1.82) is 0 Å². The highest BCUT2D eigenvalue weighted by atomic mass is 35.5. The molecule has 2 aromatic rings. The minimum Gasteiger partial charge on any atom is -0.381 e. The van der Waals surface area contributed by atoms with Crippen LogP contribution in [0.5, 0.6) is 0 Å². The van der Waals surface area contributed by atoms with Crippen LogP contribution in [0.3, 0.4) is 0 Å². The van der Waals surface area contributed by atoms with Gasteiger partial charge in [0.25, 0.3) is 5.91 Å². The van der Waals surface area contributed by atoms with Crippen molar-refractivity contribution >= 4 is 29.4 Å². The van der Waals surface area contributed by atoms with Gasteiger partial charge in [0, 0.05) is 50.0 Å². The fourth-order valence-electron chi connectivity index (χ4n) is 5.07. The van der Waals surface area contributed by atoms with Crippen molar-refractivity contribution in [3.63, 3.8) is 0 Å². The Bertz CT molecular complexity index is 1080. The van der Waals surface area contributed by atoms with Gasteiger partial charge < -0.3 is 19.9 Å². The predicted molar refractivity (Wildman–Crippen MR) is 130 cm³/mol. The molecule has 2 fully saturated rings. The van der Waals surface area contributed by atoms with Gasteiger partial charge in [0.05, 0.1) is 16.9 Å². The van der Waals surface area contributed by atoms with E-state index in [2.05, 4.69) is 15.3 Å². The number of carbonyl (C=O) groups is 2. The third-order valence-electron chi connectivity index (χ3n) is 7.15. The lowest BCUT2D eigenvalue weighted by Crippen LogP contribution is -2.42. The van der Waals surface area contributed by atoms with Crippen LogP contribution < -0.4 is 5.32 Å². The molecule has 3 aliphatic rings. The van der Waals surface area contributed by atoms with Crippen molar-refractivity contribution in [1.82, 2.24) is 19.8 Å². The van der Waals surface area contributed by atoms with E-state index in [-0.39, 0.29) is 24.4 Å². The number of fused-ring (bicyclic) bond motifs is 1. The summed E-state index contributed by atoms with van der Waals surface area (Å²) in [5.74, 6) is 0.381. The molecule has 9 heteroatoms. The first-order valence-corrected chi connectivity index (χ1v) is 12.4. The third kappa shape index (κ3) is 4.74. The minimum atomic E-state index is -0.129. The molecule has 3 heterocycles. The summed E-state index contributed by atoms with van der Waals surface area (Å²) < 4.78 is 5.41. The van der Waals surface area contributed by atoms with E-state index in [0.717, 1.165) is 62.9 Å². The number of anilines is 1. The first-order valence-electron chi connectivity index (χ1n) is 12.0. The molecule has 2 aliphatic heterocycles. The molecule has 2 amide bonds. The molecule has 8 nitrogen and oxygen atoms in total.